The van der Waals surface area contributed by atoms with Crippen LogP contribution in [0.3, 0.4) is 0 Å². The van der Waals surface area contributed by atoms with Gasteiger partial charge in [-0.3, -0.25) is 9.59 Å². The molecule has 1 unspecified atom stereocenters. The number of alkyl carbamates (subject to hydrolysis) is 1. The van der Waals surface area contributed by atoms with Crippen LogP contribution in [0, 0.1) is 5.82 Å². The van der Waals surface area contributed by atoms with Crippen LogP contribution in [0.4, 0.5) is 9.18 Å². The maximum absolute atomic E-state index is 15.3. The van der Waals surface area contributed by atoms with Crippen LogP contribution in [0.25, 0.3) is 11.1 Å². The highest BCUT2D eigenvalue weighted by molar-refractivity contribution is 6.20. The first kappa shape index (κ1) is 34.1. The molecule has 0 bridgehead atoms. The zero-order valence-electron chi connectivity index (χ0n) is 27.1. The number of aromatic nitrogens is 2. The molecule has 13 heteroatoms. The maximum atomic E-state index is 15.3. The van der Waals surface area contributed by atoms with Gasteiger partial charge in [0.15, 0.2) is 7.05 Å². The van der Waals surface area contributed by atoms with Gasteiger partial charge in [0.05, 0.1) is 29.4 Å². The second-order valence-corrected chi connectivity index (χ2v) is 12.8. The number of imide groups is 1. The minimum Gasteiger partial charge on any atom is -0.490 e. The zero-order chi connectivity index (χ0) is 33.8. The standard InChI is InChI=1S/C33H39FN4O8/c1-32(2,3)44-30(41)27(46-38-28(39)24-11-8-9-12-25(24)29(38)40)20-43-22-13-14-23(26(34)17-22)21-18-36(7)37(19-21)16-10-15-35-31(42)45-33(4,5)6/h8-9,11-14,17-19,27H,10,15-16,20H2,1-7H3/p+1. The minimum absolute atomic E-state index is 0.0952. The number of hydrogen-bond donors (Lipinski definition) is 1. The molecule has 246 valence electrons. The highest BCUT2D eigenvalue weighted by Crippen LogP contribution is 2.27. The summed E-state index contributed by atoms with van der Waals surface area (Å²) in [7, 11) is 1.82. The summed E-state index contributed by atoms with van der Waals surface area (Å²) in [5, 5.41) is 3.24. The third-order valence-electron chi connectivity index (χ3n) is 6.56. The molecule has 0 aliphatic carbocycles. The van der Waals surface area contributed by atoms with E-state index >= 15 is 4.39 Å². The molecule has 4 rings (SSSR count). The average molecular weight is 640 g/mol. The number of hydroxylamine groups is 2. The van der Waals surface area contributed by atoms with Gasteiger partial charge in [-0.05, 0) is 72.2 Å². The van der Waals surface area contributed by atoms with Gasteiger partial charge in [-0.25, -0.2) is 18.8 Å². The molecule has 1 aliphatic rings. The normalized spacial score (nSPS) is 13.8. The van der Waals surface area contributed by atoms with E-state index in [2.05, 4.69) is 5.32 Å². The van der Waals surface area contributed by atoms with E-state index in [1.165, 1.54) is 24.3 Å². The molecule has 0 saturated heterocycles. The van der Waals surface area contributed by atoms with Crippen LogP contribution in [-0.4, -0.2) is 64.1 Å². The number of ether oxygens (including phenoxy) is 3. The molecule has 1 aliphatic heterocycles. The van der Waals surface area contributed by atoms with E-state index in [1.54, 1.807) is 72.1 Å². The first-order valence-electron chi connectivity index (χ1n) is 14.9. The monoisotopic (exact) mass is 639 g/mol. The van der Waals surface area contributed by atoms with Crippen LogP contribution in [0.5, 0.6) is 5.75 Å². The number of nitrogens with one attached hydrogen (secondary N) is 1. The van der Waals surface area contributed by atoms with Crippen molar-refractivity contribution in [2.75, 3.05) is 13.2 Å². The summed E-state index contributed by atoms with van der Waals surface area (Å²) < 4.78 is 35.4. The summed E-state index contributed by atoms with van der Waals surface area (Å²) in [6.07, 6.45) is 2.19. The van der Waals surface area contributed by atoms with Gasteiger partial charge < -0.3 is 19.5 Å². The minimum atomic E-state index is -1.51. The smallest absolute Gasteiger partial charge is 0.407 e. The molecule has 1 N–H and O–H groups in total. The average Bonchev–Trinajstić information content (AvgIpc) is 3.43. The Labute approximate surface area is 266 Å². The lowest BCUT2D eigenvalue weighted by molar-refractivity contribution is -0.753. The second kappa shape index (κ2) is 13.7. The summed E-state index contributed by atoms with van der Waals surface area (Å²) in [6.45, 7) is 10.9. The van der Waals surface area contributed by atoms with E-state index < -0.39 is 53.6 Å². The van der Waals surface area contributed by atoms with Crippen molar-refractivity contribution in [2.24, 2.45) is 7.05 Å². The van der Waals surface area contributed by atoms with E-state index in [4.69, 9.17) is 19.0 Å². The number of carbonyl (C=O) groups is 4. The van der Waals surface area contributed by atoms with Gasteiger partial charge in [0.1, 0.15) is 29.4 Å². The summed E-state index contributed by atoms with van der Waals surface area (Å²) in [5.41, 5.74) is -0.240. The molecule has 1 aromatic heterocycles. The van der Waals surface area contributed by atoms with E-state index in [9.17, 15) is 19.2 Å². The first-order valence-corrected chi connectivity index (χ1v) is 14.9. The van der Waals surface area contributed by atoms with Gasteiger partial charge in [-0.2, -0.15) is 4.68 Å². The van der Waals surface area contributed by atoms with Gasteiger partial charge in [-0.1, -0.05) is 12.1 Å². The number of halogens is 1. The molecule has 0 radical (unpaired) electrons. The Balaban J connectivity index is 1.40. The fourth-order valence-corrected chi connectivity index (χ4v) is 4.56. The van der Waals surface area contributed by atoms with Crippen molar-refractivity contribution in [3.8, 4) is 16.9 Å². The number of rotatable bonds is 11. The molecule has 2 aromatic carbocycles. The van der Waals surface area contributed by atoms with E-state index in [-0.39, 0.29) is 16.9 Å². The summed E-state index contributed by atoms with van der Waals surface area (Å²) in [5.74, 6) is -2.78. The second-order valence-electron chi connectivity index (χ2n) is 12.8. The largest absolute Gasteiger partial charge is 0.490 e. The van der Waals surface area contributed by atoms with E-state index in [0.717, 1.165) is 0 Å². The summed E-state index contributed by atoms with van der Waals surface area (Å²) in [6, 6.07) is 10.5. The van der Waals surface area contributed by atoms with Crippen molar-refractivity contribution >= 4 is 23.9 Å². The Hall–Kier alpha value is -4.78. The Morgan fingerprint density at radius 3 is 2.15 bits per heavy atom. The first-order chi connectivity index (χ1) is 21.5. The Kier molecular flexibility index (Phi) is 10.1. The third-order valence-corrected chi connectivity index (χ3v) is 6.56. The highest BCUT2D eigenvalue weighted by Gasteiger charge is 2.40. The van der Waals surface area contributed by atoms with Crippen molar-refractivity contribution < 1.29 is 47.3 Å². The topological polar surface area (TPSA) is 129 Å². The van der Waals surface area contributed by atoms with Crippen molar-refractivity contribution in [3.63, 3.8) is 0 Å². The van der Waals surface area contributed by atoms with Crippen LogP contribution < -0.4 is 14.7 Å². The van der Waals surface area contributed by atoms with Gasteiger partial charge >= 0.3 is 12.1 Å². The molecular formula is C33H40FN4O8+. The van der Waals surface area contributed by atoms with Crippen molar-refractivity contribution in [1.82, 2.24) is 15.1 Å². The molecule has 0 saturated carbocycles. The fourth-order valence-electron chi connectivity index (χ4n) is 4.56. The Morgan fingerprint density at radius 2 is 1.57 bits per heavy atom. The molecule has 12 nitrogen and oxygen atoms in total. The molecule has 2 heterocycles. The van der Waals surface area contributed by atoms with E-state index in [0.29, 0.717) is 35.7 Å². The number of nitrogens with zero attached hydrogens (tertiary/aromatic N) is 3. The van der Waals surface area contributed by atoms with Crippen LogP contribution in [0.1, 0.15) is 68.7 Å². The molecular weight excluding hydrogens is 599 g/mol. The van der Waals surface area contributed by atoms with Crippen LogP contribution >= 0.6 is 0 Å². The number of fused-ring (bicyclic) bond motifs is 1. The van der Waals surface area contributed by atoms with Gasteiger partial charge in [0.25, 0.3) is 11.8 Å². The van der Waals surface area contributed by atoms with Crippen LogP contribution in [0.15, 0.2) is 54.9 Å². The van der Waals surface area contributed by atoms with E-state index in [1.807, 2.05) is 16.4 Å². The molecule has 1 atom stereocenters. The summed E-state index contributed by atoms with van der Waals surface area (Å²) in [4.78, 5) is 56.1. The lowest BCUT2D eigenvalue weighted by Gasteiger charge is -2.26. The lowest BCUT2D eigenvalue weighted by atomic mass is 10.1. The zero-order valence-corrected chi connectivity index (χ0v) is 27.1. The summed E-state index contributed by atoms with van der Waals surface area (Å²) >= 11 is 0. The molecule has 3 aromatic rings. The molecule has 3 amide bonds. The van der Waals surface area contributed by atoms with Gasteiger partial charge in [0, 0.05) is 18.2 Å². The predicted octanol–water partition coefficient (Wildman–Crippen LogP) is 4.35. The Morgan fingerprint density at radius 1 is 0.935 bits per heavy atom. The lowest BCUT2D eigenvalue weighted by Crippen LogP contribution is -2.43. The van der Waals surface area contributed by atoms with Crippen molar-refractivity contribution in [2.45, 2.75) is 71.8 Å². The molecule has 0 fully saturated rings. The number of aryl methyl sites for hydroxylation is 2. The van der Waals surface area contributed by atoms with Crippen molar-refractivity contribution in [1.29, 1.82) is 0 Å². The number of carbonyl (C=O) groups excluding carboxylic acids is 4. The fraction of sp³-hybridized carbons (Fsp3) is 0.424. The van der Waals surface area contributed by atoms with Crippen LogP contribution in [-0.2, 0) is 32.7 Å². The third kappa shape index (κ3) is 8.68. The number of amides is 3. The highest BCUT2D eigenvalue weighted by atomic mass is 19.1. The number of benzene rings is 2. The van der Waals surface area contributed by atoms with Gasteiger partial charge in [0.2, 0.25) is 12.3 Å². The maximum Gasteiger partial charge on any atom is 0.407 e. The Bertz CT molecular complexity index is 1590. The number of esters is 1. The molecule has 46 heavy (non-hydrogen) atoms. The van der Waals surface area contributed by atoms with Crippen molar-refractivity contribution in [3.05, 3.63) is 71.8 Å². The SMILES string of the molecule is C[n+]1cc(-c2ccc(OCC(ON3C(=O)c4ccccc4C3=O)C(=O)OC(C)(C)C)cc2F)cn1CCCNC(=O)OC(C)(C)C. The molecule has 0 spiro atoms. The number of hydrogen-bond acceptors (Lipinski definition) is 8. The quantitative estimate of drug-likeness (QED) is 0.142. The van der Waals surface area contributed by atoms with Crippen LogP contribution in [0.2, 0.25) is 0 Å². The van der Waals surface area contributed by atoms with Gasteiger partial charge in [-0.15, -0.1) is 9.75 Å². The predicted molar refractivity (Wildman–Crippen MR) is 163 cm³/mol.